The molecule has 0 atom stereocenters. The van der Waals surface area contributed by atoms with Crippen LogP contribution >= 0.6 is 34.2 Å². The molecule has 2 aromatic rings. The average molecular weight is 405 g/mol. The number of nitrogen functional groups attached to an aromatic ring is 1. The molecule has 1 heterocycles. The molecule has 0 aliphatic rings. The number of nitrogens with two attached hydrogens (primary N) is 1. The number of halogens is 2. The zero-order valence-corrected chi connectivity index (χ0v) is 14.0. The highest BCUT2D eigenvalue weighted by Gasteiger charge is 2.12. The molecule has 2 rings (SSSR count). The number of amides is 1. The second kappa shape index (κ2) is 6.01. The zero-order chi connectivity index (χ0) is 14.9. The number of hydrogen-bond donors (Lipinski definition) is 2. The van der Waals surface area contributed by atoms with Crippen LogP contribution in [0.2, 0.25) is 5.02 Å². The molecular formula is C13H14ClIN4O. The predicted molar refractivity (Wildman–Crippen MR) is 88.9 cm³/mol. The first-order chi connectivity index (χ1) is 9.38. The van der Waals surface area contributed by atoms with Gasteiger partial charge in [-0.1, -0.05) is 11.6 Å². The van der Waals surface area contributed by atoms with Crippen LogP contribution in [-0.4, -0.2) is 15.7 Å². The summed E-state index contributed by atoms with van der Waals surface area (Å²) in [6.07, 6.45) is 0. The van der Waals surface area contributed by atoms with Gasteiger partial charge in [0.05, 0.1) is 22.8 Å². The van der Waals surface area contributed by atoms with Gasteiger partial charge in [-0.3, -0.25) is 9.48 Å². The molecule has 7 heteroatoms. The lowest BCUT2D eigenvalue weighted by Gasteiger charge is -2.09. The second-order valence-corrected chi connectivity index (χ2v) is 6.01. The van der Waals surface area contributed by atoms with E-state index >= 15 is 0 Å². The highest BCUT2D eigenvalue weighted by molar-refractivity contribution is 14.1. The largest absolute Gasteiger partial charge is 0.396 e. The SMILES string of the molecule is Cc1nn(CC(=O)Nc2ccc(Cl)cc2I)c(C)c1N. The number of hydrogen-bond acceptors (Lipinski definition) is 3. The first-order valence-electron chi connectivity index (χ1n) is 5.93. The number of rotatable bonds is 3. The Labute approximate surface area is 135 Å². The van der Waals surface area contributed by atoms with Crippen molar-refractivity contribution in [3.05, 3.63) is 38.2 Å². The van der Waals surface area contributed by atoms with E-state index in [4.69, 9.17) is 17.3 Å². The maximum absolute atomic E-state index is 12.0. The van der Waals surface area contributed by atoms with E-state index in [-0.39, 0.29) is 12.5 Å². The van der Waals surface area contributed by atoms with Gasteiger partial charge in [-0.25, -0.2) is 0 Å². The number of nitrogens with zero attached hydrogens (tertiary/aromatic N) is 2. The van der Waals surface area contributed by atoms with Crippen molar-refractivity contribution < 1.29 is 4.79 Å². The summed E-state index contributed by atoms with van der Waals surface area (Å²) < 4.78 is 2.49. The summed E-state index contributed by atoms with van der Waals surface area (Å²) in [7, 11) is 0. The first kappa shape index (κ1) is 15.1. The van der Waals surface area contributed by atoms with Gasteiger partial charge in [-0.05, 0) is 54.6 Å². The molecule has 3 N–H and O–H groups in total. The lowest BCUT2D eigenvalue weighted by atomic mass is 10.3. The Kier molecular flexibility index (Phi) is 4.54. The maximum atomic E-state index is 12.0. The van der Waals surface area contributed by atoms with Crippen molar-refractivity contribution in [1.29, 1.82) is 0 Å². The summed E-state index contributed by atoms with van der Waals surface area (Å²) >= 11 is 8.00. The molecular weight excluding hydrogens is 391 g/mol. The molecule has 0 unspecified atom stereocenters. The monoisotopic (exact) mass is 404 g/mol. The topological polar surface area (TPSA) is 72.9 Å². The fraction of sp³-hybridized carbons (Fsp3) is 0.231. The number of aromatic nitrogens is 2. The number of benzene rings is 1. The van der Waals surface area contributed by atoms with E-state index < -0.39 is 0 Å². The van der Waals surface area contributed by atoms with Crippen LogP contribution in [0.25, 0.3) is 0 Å². The molecule has 106 valence electrons. The third-order valence-electron chi connectivity index (χ3n) is 2.94. The molecule has 0 spiro atoms. The van der Waals surface area contributed by atoms with Crippen LogP contribution in [-0.2, 0) is 11.3 Å². The number of aryl methyl sites for hydroxylation is 1. The Morgan fingerprint density at radius 3 is 2.75 bits per heavy atom. The van der Waals surface area contributed by atoms with Gasteiger partial charge in [0.25, 0.3) is 0 Å². The maximum Gasteiger partial charge on any atom is 0.246 e. The highest BCUT2D eigenvalue weighted by atomic mass is 127. The molecule has 0 saturated carbocycles. The number of anilines is 2. The summed E-state index contributed by atoms with van der Waals surface area (Å²) in [5, 5.41) is 7.71. The van der Waals surface area contributed by atoms with Crippen LogP contribution in [0.1, 0.15) is 11.4 Å². The minimum absolute atomic E-state index is 0.128. The van der Waals surface area contributed by atoms with Crippen molar-refractivity contribution in [2.75, 3.05) is 11.1 Å². The first-order valence-corrected chi connectivity index (χ1v) is 7.38. The lowest BCUT2D eigenvalue weighted by Crippen LogP contribution is -2.20. The van der Waals surface area contributed by atoms with E-state index in [1.54, 1.807) is 22.9 Å². The number of carbonyl (C=O) groups excluding carboxylic acids is 1. The summed E-state index contributed by atoms with van der Waals surface area (Å²) in [6.45, 7) is 3.79. The molecule has 1 aromatic heterocycles. The van der Waals surface area contributed by atoms with Crippen LogP contribution in [0.5, 0.6) is 0 Å². The van der Waals surface area contributed by atoms with Gasteiger partial charge in [0.15, 0.2) is 0 Å². The van der Waals surface area contributed by atoms with E-state index in [2.05, 4.69) is 33.0 Å². The zero-order valence-electron chi connectivity index (χ0n) is 11.1. The van der Waals surface area contributed by atoms with E-state index in [9.17, 15) is 4.79 Å². The Morgan fingerprint density at radius 1 is 1.50 bits per heavy atom. The van der Waals surface area contributed by atoms with Crippen LogP contribution in [0.4, 0.5) is 11.4 Å². The molecule has 20 heavy (non-hydrogen) atoms. The van der Waals surface area contributed by atoms with Crippen LogP contribution < -0.4 is 11.1 Å². The van der Waals surface area contributed by atoms with Crippen molar-refractivity contribution in [2.24, 2.45) is 0 Å². The molecule has 5 nitrogen and oxygen atoms in total. The van der Waals surface area contributed by atoms with Gasteiger partial charge in [-0.15, -0.1) is 0 Å². The smallest absolute Gasteiger partial charge is 0.246 e. The van der Waals surface area contributed by atoms with Crippen LogP contribution in [0.3, 0.4) is 0 Å². The summed E-state index contributed by atoms with van der Waals surface area (Å²) in [6, 6.07) is 5.30. The van der Waals surface area contributed by atoms with E-state index in [0.717, 1.165) is 20.6 Å². The molecule has 1 aromatic carbocycles. The highest BCUT2D eigenvalue weighted by Crippen LogP contribution is 2.22. The number of nitrogens with one attached hydrogen (secondary N) is 1. The van der Waals surface area contributed by atoms with Crippen molar-refractivity contribution in [3.63, 3.8) is 0 Å². The van der Waals surface area contributed by atoms with Crippen LogP contribution in [0, 0.1) is 17.4 Å². The lowest BCUT2D eigenvalue weighted by molar-refractivity contribution is -0.116. The summed E-state index contributed by atoms with van der Waals surface area (Å²) in [5.41, 5.74) is 8.72. The molecule has 0 radical (unpaired) electrons. The fourth-order valence-corrected chi connectivity index (χ4v) is 2.79. The average Bonchev–Trinajstić information content (AvgIpc) is 2.61. The number of carbonyl (C=O) groups is 1. The van der Waals surface area contributed by atoms with Crippen molar-refractivity contribution in [3.8, 4) is 0 Å². The van der Waals surface area contributed by atoms with Gasteiger partial charge in [0.2, 0.25) is 5.91 Å². The van der Waals surface area contributed by atoms with Gasteiger partial charge in [0, 0.05) is 8.59 Å². The Morgan fingerprint density at radius 2 is 2.20 bits per heavy atom. The van der Waals surface area contributed by atoms with Gasteiger partial charge in [-0.2, -0.15) is 5.10 Å². The minimum atomic E-state index is -0.157. The predicted octanol–water partition coefficient (Wildman–Crippen LogP) is 2.98. The molecule has 0 aliphatic carbocycles. The molecule has 0 saturated heterocycles. The Bertz CT molecular complexity index is 669. The van der Waals surface area contributed by atoms with Gasteiger partial charge >= 0.3 is 0 Å². The van der Waals surface area contributed by atoms with E-state index in [1.807, 2.05) is 13.8 Å². The fourth-order valence-electron chi connectivity index (χ4n) is 1.78. The van der Waals surface area contributed by atoms with Crippen molar-refractivity contribution in [1.82, 2.24) is 9.78 Å². The Balaban J connectivity index is 2.11. The van der Waals surface area contributed by atoms with Gasteiger partial charge in [0.1, 0.15) is 6.54 Å². The summed E-state index contributed by atoms with van der Waals surface area (Å²) in [4.78, 5) is 12.0. The van der Waals surface area contributed by atoms with E-state index in [1.165, 1.54) is 0 Å². The normalized spacial score (nSPS) is 10.6. The van der Waals surface area contributed by atoms with E-state index in [0.29, 0.717) is 10.7 Å². The molecule has 0 bridgehead atoms. The standard InChI is InChI=1S/C13H14ClIN4O/c1-7-13(16)8(2)19(18-7)6-12(20)17-11-4-3-9(14)5-10(11)15/h3-5H,6,16H2,1-2H3,(H,17,20). The minimum Gasteiger partial charge on any atom is -0.396 e. The van der Waals surface area contributed by atoms with Crippen molar-refractivity contribution in [2.45, 2.75) is 20.4 Å². The van der Waals surface area contributed by atoms with Crippen molar-refractivity contribution >= 4 is 51.5 Å². The third-order valence-corrected chi connectivity index (χ3v) is 4.06. The Hall–Kier alpha value is -1.28. The second-order valence-electron chi connectivity index (χ2n) is 4.41. The summed E-state index contributed by atoms with van der Waals surface area (Å²) in [5.74, 6) is -0.157. The molecule has 0 aliphatic heterocycles. The quantitative estimate of drug-likeness (QED) is 0.773. The van der Waals surface area contributed by atoms with Gasteiger partial charge < -0.3 is 11.1 Å². The third kappa shape index (κ3) is 3.24. The molecule has 1 amide bonds. The van der Waals surface area contributed by atoms with Crippen LogP contribution in [0.15, 0.2) is 18.2 Å². The molecule has 0 fully saturated rings.